The molecule has 0 radical (unpaired) electrons. The molecule has 7 heteroatoms. The topological polar surface area (TPSA) is 75.3 Å². The highest BCUT2D eigenvalue weighted by atomic mass is 32.2. The minimum atomic E-state index is -3.27. The molecule has 2 rings (SSSR count). The standard InChI is InChI=1S/C19H23FN2O3S/c1-26(24,25)22-17-11-8-15(9-12-17)5-4-14-21-19(23)13-10-16-6-2-3-7-18(16)20/h2-3,6-9,11-12,22H,4-5,10,13-14H2,1H3,(H,21,23). The van der Waals surface area contributed by atoms with Gasteiger partial charge in [-0.15, -0.1) is 0 Å². The SMILES string of the molecule is CS(=O)(=O)Nc1ccc(CCCNC(=O)CCc2ccccc2F)cc1. The highest BCUT2D eigenvalue weighted by molar-refractivity contribution is 7.92. The van der Waals surface area contributed by atoms with E-state index in [0.29, 0.717) is 24.2 Å². The third kappa shape index (κ3) is 7.23. The van der Waals surface area contributed by atoms with Gasteiger partial charge in [0.25, 0.3) is 0 Å². The first kappa shape index (κ1) is 19.9. The van der Waals surface area contributed by atoms with Crippen molar-refractivity contribution in [1.82, 2.24) is 5.32 Å². The second-order valence-corrected chi connectivity index (χ2v) is 7.86. The number of hydrogen-bond donors (Lipinski definition) is 2. The van der Waals surface area contributed by atoms with Crippen LogP contribution in [0.3, 0.4) is 0 Å². The highest BCUT2D eigenvalue weighted by Crippen LogP contribution is 2.12. The molecule has 5 nitrogen and oxygen atoms in total. The van der Waals surface area contributed by atoms with Crippen molar-refractivity contribution in [2.45, 2.75) is 25.7 Å². The van der Waals surface area contributed by atoms with E-state index < -0.39 is 10.0 Å². The van der Waals surface area contributed by atoms with Crippen molar-refractivity contribution < 1.29 is 17.6 Å². The van der Waals surface area contributed by atoms with Gasteiger partial charge in [0.1, 0.15) is 5.82 Å². The van der Waals surface area contributed by atoms with E-state index in [2.05, 4.69) is 10.0 Å². The second kappa shape index (κ2) is 9.33. The van der Waals surface area contributed by atoms with Crippen molar-refractivity contribution in [3.8, 4) is 0 Å². The summed E-state index contributed by atoms with van der Waals surface area (Å²) in [7, 11) is -3.27. The number of benzene rings is 2. The molecular formula is C19H23FN2O3S. The highest BCUT2D eigenvalue weighted by Gasteiger charge is 2.05. The zero-order chi connectivity index (χ0) is 19.0. The predicted molar refractivity (Wildman–Crippen MR) is 101 cm³/mol. The van der Waals surface area contributed by atoms with Gasteiger partial charge in [-0.05, 0) is 48.6 Å². The Labute approximate surface area is 153 Å². The van der Waals surface area contributed by atoms with Crippen LogP contribution < -0.4 is 10.0 Å². The molecular weight excluding hydrogens is 355 g/mol. The Kier molecular flexibility index (Phi) is 7.15. The molecule has 0 saturated heterocycles. The average Bonchev–Trinajstić information content (AvgIpc) is 2.58. The Morgan fingerprint density at radius 3 is 2.38 bits per heavy atom. The molecule has 26 heavy (non-hydrogen) atoms. The molecule has 0 fully saturated rings. The molecule has 0 spiro atoms. The number of anilines is 1. The number of hydrogen-bond acceptors (Lipinski definition) is 3. The van der Waals surface area contributed by atoms with Gasteiger partial charge < -0.3 is 5.32 Å². The van der Waals surface area contributed by atoms with Crippen LogP contribution in [0.5, 0.6) is 0 Å². The fourth-order valence-corrected chi connectivity index (χ4v) is 3.08. The molecule has 0 saturated carbocycles. The number of amides is 1. The number of sulfonamides is 1. The molecule has 0 unspecified atom stereocenters. The lowest BCUT2D eigenvalue weighted by Crippen LogP contribution is -2.25. The molecule has 0 atom stereocenters. The maximum Gasteiger partial charge on any atom is 0.229 e. The fraction of sp³-hybridized carbons (Fsp3) is 0.316. The summed E-state index contributed by atoms with van der Waals surface area (Å²) in [5, 5.41) is 2.83. The Balaban J connectivity index is 1.66. The molecule has 0 aromatic heterocycles. The van der Waals surface area contributed by atoms with E-state index in [0.717, 1.165) is 24.7 Å². The second-order valence-electron chi connectivity index (χ2n) is 6.12. The lowest BCUT2D eigenvalue weighted by molar-refractivity contribution is -0.121. The predicted octanol–water partition coefficient (Wildman–Crippen LogP) is 2.88. The van der Waals surface area contributed by atoms with E-state index in [1.165, 1.54) is 6.07 Å². The van der Waals surface area contributed by atoms with Crippen molar-refractivity contribution in [1.29, 1.82) is 0 Å². The largest absolute Gasteiger partial charge is 0.356 e. The van der Waals surface area contributed by atoms with Gasteiger partial charge in [0.2, 0.25) is 15.9 Å². The number of halogens is 1. The third-order valence-corrected chi connectivity index (χ3v) is 4.41. The normalized spacial score (nSPS) is 11.2. The van der Waals surface area contributed by atoms with Gasteiger partial charge in [-0.2, -0.15) is 0 Å². The molecule has 2 aromatic rings. The van der Waals surface area contributed by atoms with Crippen molar-refractivity contribution in [2.75, 3.05) is 17.5 Å². The van der Waals surface area contributed by atoms with Crippen LogP contribution in [0.2, 0.25) is 0 Å². The summed E-state index contributed by atoms with van der Waals surface area (Å²) in [4.78, 5) is 11.8. The summed E-state index contributed by atoms with van der Waals surface area (Å²) >= 11 is 0. The van der Waals surface area contributed by atoms with Crippen LogP contribution in [0, 0.1) is 5.82 Å². The smallest absolute Gasteiger partial charge is 0.229 e. The summed E-state index contributed by atoms with van der Waals surface area (Å²) < 4.78 is 38.2. The van der Waals surface area contributed by atoms with Crippen LogP contribution in [0.1, 0.15) is 24.0 Å². The van der Waals surface area contributed by atoms with Crippen LogP contribution in [0.25, 0.3) is 0 Å². The van der Waals surface area contributed by atoms with Crippen LogP contribution in [-0.2, 0) is 27.7 Å². The van der Waals surface area contributed by atoms with E-state index in [4.69, 9.17) is 0 Å². The summed E-state index contributed by atoms with van der Waals surface area (Å²) in [6, 6.07) is 13.6. The van der Waals surface area contributed by atoms with Crippen LogP contribution in [-0.4, -0.2) is 27.1 Å². The molecule has 1 amide bonds. The summed E-state index contributed by atoms with van der Waals surface area (Å²) in [5.74, 6) is -0.380. The molecule has 140 valence electrons. The first-order valence-corrected chi connectivity index (χ1v) is 10.3. The van der Waals surface area contributed by atoms with Gasteiger partial charge in [0.05, 0.1) is 6.26 Å². The van der Waals surface area contributed by atoms with Crippen LogP contribution in [0.15, 0.2) is 48.5 Å². The number of nitrogens with one attached hydrogen (secondary N) is 2. The van der Waals surface area contributed by atoms with Crippen molar-refractivity contribution >= 4 is 21.6 Å². The third-order valence-electron chi connectivity index (χ3n) is 3.80. The van der Waals surface area contributed by atoms with E-state index in [-0.39, 0.29) is 18.1 Å². The summed E-state index contributed by atoms with van der Waals surface area (Å²) in [6.07, 6.45) is 3.28. The zero-order valence-electron chi connectivity index (χ0n) is 14.7. The first-order valence-electron chi connectivity index (χ1n) is 8.40. The minimum Gasteiger partial charge on any atom is -0.356 e. The van der Waals surface area contributed by atoms with Crippen molar-refractivity contribution in [2.24, 2.45) is 0 Å². The summed E-state index contributed by atoms with van der Waals surface area (Å²) in [6.45, 7) is 0.541. The minimum absolute atomic E-state index is 0.0963. The number of aryl methyl sites for hydroxylation is 2. The number of rotatable bonds is 9. The molecule has 0 aliphatic carbocycles. The molecule has 2 N–H and O–H groups in total. The Hall–Kier alpha value is -2.41. The van der Waals surface area contributed by atoms with Crippen LogP contribution >= 0.6 is 0 Å². The molecule has 0 bridgehead atoms. The van der Waals surface area contributed by atoms with E-state index in [9.17, 15) is 17.6 Å². The number of carbonyl (C=O) groups is 1. The molecule has 0 aliphatic rings. The van der Waals surface area contributed by atoms with Gasteiger partial charge in [0.15, 0.2) is 0 Å². The van der Waals surface area contributed by atoms with E-state index >= 15 is 0 Å². The fourth-order valence-electron chi connectivity index (χ4n) is 2.51. The molecule has 0 heterocycles. The lowest BCUT2D eigenvalue weighted by Gasteiger charge is -2.07. The molecule has 2 aromatic carbocycles. The maximum absolute atomic E-state index is 13.5. The quantitative estimate of drug-likeness (QED) is 0.659. The Morgan fingerprint density at radius 2 is 1.73 bits per heavy atom. The van der Waals surface area contributed by atoms with Crippen molar-refractivity contribution in [3.05, 3.63) is 65.5 Å². The van der Waals surface area contributed by atoms with Gasteiger partial charge in [-0.25, -0.2) is 12.8 Å². The number of carbonyl (C=O) groups excluding carboxylic acids is 1. The Bertz CT molecular complexity index is 836. The molecule has 0 aliphatic heterocycles. The van der Waals surface area contributed by atoms with Gasteiger partial charge in [0, 0.05) is 18.7 Å². The summed E-state index contributed by atoms with van der Waals surface area (Å²) in [5.41, 5.74) is 2.13. The van der Waals surface area contributed by atoms with Crippen molar-refractivity contribution in [3.63, 3.8) is 0 Å². The first-order chi connectivity index (χ1) is 12.3. The average molecular weight is 378 g/mol. The van der Waals surface area contributed by atoms with Gasteiger partial charge in [-0.3, -0.25) is 9.52 Å². The lowest BCUT2D eigenvalue weighted by atomic mass is 10.1. The van der Waals surface area contributed by atoms with Gasteiger partial charge in [-0.1, -0.05) is 30.3 Å². The van der Waals surface area contributed by atoms with E-state index in [1.807, 2.05) is 12.1 Å². The van der Waals surface area contributed by atoms with E-state index in [1.54, 1.807) is 30.3 Å². The van der Waals surface area contributed by atoms with Crippen LogP contribution in [0.4, 0.5) is 10.1 Å². The maximum atomic E-state index is 13.5. The zero-order valence-corrected chi connectivity index (χ0v) is 15.5. The monoisotopic (exact) mass is 378 g/mol. The Morgan fingerprint density at radius 1 is 1.04 bits per heavy atom. The van der Waals surface area contributed by atoms with Gasteiger partial charge >= 0.3 is 0 Å².